The van der Waals surface area contributed by atoms with E-state index in [0.29, 0.717) is 17.1 Å². The molecule has 11 heteroatoms. The molecule has 0 aliphatic rings. The first-order valence-electron chi connectivity index (χ1n) is 8.56. The lowest BCUT2D eigenvalue weighted by molar-refractivity contribution is -0.141. The van der Waals surface area contributed by atoms with E-state index in [1.165, 1.54) is 11.6 Å². The van der Waals surface area contributed by atoms with Crippen molar-refractivity contribution >= 4 is 29.1 Å². The number of carbonyl (C=O) groups is 1. The van der Waals surface area contributed by atoms with Crippen LogP contribution in [-0.2, 0) is 12.7 Å². The molecule has 0 spiro atoms. The second-order valence-corrected chi connectivity index (χ2v) is 7.07. The molecule has 2 heterocycles. The maximum Gasteiger partial charge on any atom is 0.436 e. The lowest BCUT2D eigenvalue weighted by Gasteiger charge is -2.06. The number of aromatic amines is 1. The molecule has 1 amide bonds. The normalized spacial score (nSPS) is 11.7. The van der Waals surface area contributed by atoms with E-state index in [1.54, 1.807) is 30.3 Å². The number of hydrogen-bond donors (Lipinski definition) is 2. The van der Waals surface area contributed by atoms with Gasteiger partial charge < -0.3 is 5.32 Å². The largest absolute Gasteiger partial charge is 0.436 e. The monoisotopic (exact) mass is 445 g/mol. The van der Waals surface area contributed by atoms with E-state index >= 15 is 0 Å². The Bertz CT molecular complexity index is 1010. The lowest BCUT2D eigenvalue weighted by Crippen LogP contribution is -2.25. The number of amides is 1. The first kappa shape index (κ1) is 21.2. The first-order chi connectivity index (χ1) is 13.7. The predicted octanol–water partition coefficient (Wildman–Crippen LogP) is 4.73. The maximum atomic E-state index is 12.8. The van der Waals surface area contributed by atoms with E-state index in [4.69, 9.17) is 23.2 Å². The molecule has 0 bridgehead atoms. The van der Waals surface area contributed by atoms with E-state index in [0.717, 1.165) is 5.56 Å². The summed E-state index contributed by atoms with van der Waals surface area (Å²) in [6.07, 6.45) is -4.23. The number of H-pyrrole nitrogens is 1. The molecule has 154 valence electrons. The number of nitrogens with one attached hydrogen (secondary N) is 2. The van der Waals surface area contributed by atoms with Gasteiger partial charge in [-0.3, -0.25) is 14.6 Å². The van der Waals surface area contributed by atoms with E-state index in [-0.39, 0.29) is 30.4 Å². The van der Waals surface area contributed by atoms with Crippen LogP contribution in [0.3, 0.4) is 0 Å². The van der Waals surface area contributed by atoms with Crippen LogP contribution in [0.1, 0.15) is 28.3 Å². The number of carbonyl (C=O) groups excluding carboxylic acids is 1. The number of hydrogen-bond acceptors (Lipinski definition) is 3. The summed E-state index contributed by atoms with van der Waals surface area (Å²) >= 11 is 11.6. The van der Waals surface area contributed by atoms with Gasteiger partial charge in [0.15, 0.2) is 5.69 Å². The molecule has 0 saturated carbocycles. The number of halogens is 5. The molecular formula is C18H16Cl2F3N5O. The van der Waals surface area contributed by atoms with Gasteiger partial charge >= 0.3 is 6.18 Å². The molecule has 29 heavy (non-hydrogen) atoms. The Morgan fingerprint density at radius 1 is 1.24 bits per heavy atom. The minimum Gasteiger partial charge on any atom is -0.351 e. The summed E-state index contributed by atoms with van der Waals surface area (Å²) in [6.45, 7) is 1.89. The summed E-state index contributed by atoms with van der Waals surface area (Å²) in [6, 6.07) is 8.61. The highest BCUT2D eigenvalue weighted by molar-refractivity contribution is 6.32. The summed E-state index contributed by atoms with van der Waals surface area (Å²) < 4.78 is 39.7. The van der Waals surface area contributed by atoms with Crippen LogP contribution < -0.4 is 5.32 Å². The third kappa shape index (κ3) is 4.91. The van der Waals surface area contributed by atoms with Crippen LogP contribution in [0.15, 0.2) is 30.3 Å². The van der Waals surface area contributed by atoms with Gasteiger partial charge in [0.05, 0.1) is 16.4 Å². The van der Waals surface area contributed by atoms with Gasteiger partial charge in [-0.1, -0.05) is 35.3 Å². The summed E-state index contributed by atoms with van der Waals surface area (Å²) in [5.74, 6) is -0.371. The van der Waals surface area contributed by atoms with Crippen LogP contribution in [0.5, 0.6) is 0 Å². The fourth-order valence-corrected chi connectivity index (χ4v) is 3.02. The van der Waals surface area contributed by atoms with Crippen molar-refractivity contribution in [1.29, 1.82) is 0 Å². The van der Waals surface area contributed by atoms with E-state index in [9.17, 15) is 18.0 Å². The van der Waals surface area contributed by atoms with Crippen molar-refractivity contribution < 1.29 is 18.0 Å². The van der Waals surface area contributed by atoms with Crippen LogP contribution in [0.2, 0.25) is 10.0 Å². The number of rotatable bonds is 6. The minimum absolute atomic E-state index is 0.181. The Kier molecular flexibility index (Phi) is 6.18. The second kappa shape index (κ2) is 8.46. The zero-order chi connectivity index (χ0) is 21.2. The molecule has 3 aromatic rings. The van der Waals surface area contributed by atoms with Gasteiger partial charge in [0.1, 0.15) is 5.69 Å². The highest BCUT2D eigenvalue weighted by Gasteiger charge is 2.38. The SMILES string of the molecule is Cc1c(Cl)c(C(F)(F)F)nn1CCCNC(=O)c1cc(-c2ccc(Cl)cc2)n[nH]1. The molecule has 0 aliphatic heterocycles. The number of benzene rings is 1. The van der Waals surface area contributed by atoms with Crippen molar-refractivity contribution in [3.63, 3.8) is 0 Å². The van der Waals surface area contributed by atoms with Gasteiger partial charge in [-0.2, -0.15) is 23.4 Å². The minimum atomic E-state index is -4.61. The smallest absolute Gasteiger partial charge is 0.351 e. The maximum absolute atomic E-state index is 12.8. The molecular weight excluding hydrogens is 430 g/mol. The van der Waals surface area contributed by atoms with Gasteiger partial charge in [0.2, 0.25) is 0 Å². The fourth-order valence-electron chi connectivity index (χ4n) is 2.66. The molecule has 3 rings (SSSR count). The van der Waals surface area contributed by atoms with Crippen LogP contribution in [0, 0.1) is 6.92 Å². The van der Waals surface area contributed by atoms with Crippen LogP contribution in [-0.4, -0.2) is 32.4 Å². The van der Waals surface area contributed by atoms with Crippen molar-refractivity contribution in [2.24, 2.45) is 0 Å². The molecule has 2 aromatic heterocycles. The molecule has 0 aliphatic carbocycles. The zero-order valence-electron chi connectivity index (χ0n) is 15.1. The van der Waals surface area contributed by atoms with Crippen LogP contribution in [0.4, 0.5) is 13.2 Å². The number of aryl methyl sites for hydroxylation is 1. The Morgan fingerprint density at radius 3 is 2.55 bits per heavy atom. The number of alkyl halides is 3. The van der Waals surface area contributed by atoms with Crippen LogP contribution in [0.25, 0.3) is 11.3 Å². The zero-order valence-corrected chi connectivity index (χ0v) is 16.7. The van der Waals surface area contributed by atoms with Gasteiger partial charge in [0, 0.05) is 23.7 Å². The highest BCUT2D eigenvalue weighted by atomic mass is 35.5. The quantitative estimate of drug-likeness (QED) is 0.538. The Labute approximate surface area is 174 Å². The third-order valence-corrected chi connectivity index (χ3v) is 4.90. The highest BCUT2D eigenvalue weighted by Crippen LogP contribution is 2.35. The lowest BCUT2D eigenvalue weighted by atomic mass is 10.1. The molecule has 0 atom stereocenters. The Balaban J connectivity index is 1.54. The molecule has 0 radical (unpaired) electrons. The second-order valence-electron chi connectivity index (χ2n) is 6.25. The van der Waals surface area contributed by atoms with Crippen molar-refractivity contribution in [3.05, 3.63) is 57.5 Å². The van der Waals surface area contributed by atoms with Gasteiger partial charge in [0.25, 0.3) is 5.91 Å². The van der Waals surface area contributed by atoms with Gasteiger partial charge in [-0.25, -0.2) is 0 Å². The van der Waals surface area contributed by atoms with Crippen molar-refractivity contribution in [2.45, 2.75) is 26.1 Å². The predicted molar refractivity (Wildman–Crippen MR) is 103 cm³/mol. The number of aromatic nitrogens is 4. The topological polar surface area (TPSA) is 75.6 Å². The molecule has 0 fully saturated rings. The molecule has 0 unspecified atom stereocenters. The van der Waals surface area contributed by atoms with E-state index in [2.05, 4.69) is 20.6 Å². The fraction of sp³-hybridized carbons (Fsp3) is 0.278. The summed E-state index contributed by atoms with van der Waals surface area (Å²) in [5.41, 5.74) is 0.788. The van der Waals surface area contributed by atoms with Crippen molar-refractivity contribution in [2.75, 3.05) is 6.54 Å². The average molecular weight is 446 g/mol. The van der Waals surface area contributed by atoms with Crippen LogP contribution >= 0.6 is 23.2 Å². The van der Waals surface area contributed by atoms with Crippen molar-refractivity contribution in [3.8, 4) is 11.3 Å². The first-order valence-corrected chi connectivity index (χ1v) is 9.32. The summed E-state index contributed by atoms with van der Waals surface area (Å²) in [5, 5.41) is 13.1. The summed E-state index contributed by atoms with van der Waals surface area (Å²) in [4.78, 5) is 12.2. The molecule has 1 aromatic carbocycles. The average Bonchev–Trinajstić information content (AvgIpc) is 3.26. The molecule has 0 saturated heterocycles. The Hall–Kier alpha value is -2.52. The third-order valence-electron chi connectivity index (χ3n) is 4.20. The van der Waals surface area contributed by atoms with E-state index in [1.807, 2.05) is 0 Å². The Morgan fingerprint density at radius 2 is 1.93 bits per heavy atom. The van der Waals surface area contributed by atoms with Gasteiger partial charge in [-0.15, -0.1) is 0 Å². The van der Waals surface area contributed by atoms with E-state index < -0.39 is 16.9 Å². The van der Waals surface area contributed by atoms with Crippen molar-refractivity contribution in [1.82, 2.24) is 25.3 Å². The molecule has 6 nitrogen and oxygen atoms in total. The van der Waals surface area contributed by atoms with Gasteiger partial charge in [-0.05, 0) is 31.5 Å². The summed E-state index contributed by atoms with van der Waals surface area (Å²) in [7, 11) is 0. The standard InChI is InChI=1S/C18H16Cl2F3N5O/c1-10-15(20)16(18(21,22)23)27-28(10)8-2-7-24-17(29)14-9-13(25-26-14)11-3-5-12(19)6-4-11/h3-6,9H,2,7-8H2,1H3,(H,24,29)(H,25,26). The molecule has 2 N–H and O–H groups in total. The number of nitrogens with zero attached hydrogens (tertiary/aromatic N) is 3.